The molecule has 0 heterocycles. The van der Waals surface area contributed by atoms with Crippen molar-refractivity contribution in [2.75, 3.05) is 25.9 Å². The van der Waals surface area contributed by atoms with Crippen LogP contribution in [0.25, 0.3) is 0 Å². The molecule has 3 nitrogen and oxygen atoms in total. The Hall–Kier alpha value is -1.00. The summed E-state index contributed by atoms with van der Waals surface area (Å²) < 4.78 is 0. The summed E-state index contributed by atoms with van der Waals surface area (Å²) >= 11 is 1.60. The van der Waals surface area contributed by atoms with Crippen molar-refractivity contribution >= 4 is 17.7 Å². The Morgan fingerprint density at radius 3 is 2.83 bits per heavy atom. The maximum atomic E-state index is 11.7. The maximum Gasteiger partial charge on any atom is 0.232 e. The number of carbonyl (C=O) groups excluding carboxylic acids is 1. The molecule has 1 amide bonds. The summed E-state index contributed by atoms with van der Waals surface area (Å²) in [6.07, 6.45) is 0. The van der Waals surface area contributed by atoms with Crippen LogP contribution < -0.4 is 5.32 Å². The van der Waals surface area contributed by atoms with Crippen molar-refractivity contribution in [2.45, 2.75) is 25.3 Å². The lowest BCUT2D eigenvalue weighted by atomic mass is 10.2. The SMILES string of the molecule is CCNCc1cccc(SCC(=O)N(C)CC)c1. The zero-order valence-corrected chi connectivity index (χ0v) is 12.2. The Morgan fingerprint density at radius 1 is 1.39 bits per heavy atom. The van der Waals surface area contributed by atoms with Gasteiger partial charge in [-0.3, -0.25) is 4.79 Å². The number of thioether (sulfide) groups is 1. The molecule has 0 aliphatic heterocycles. The molecule has 1 aromatic rings. The average molecular weight is 266 g/mol. The van der Waals surface area contributed by atoms with E-state index in [9.17, 15) is 4.79 Å². The Kier molecular flexibility index (Phi) is 6.83. The van der Waals surface area contributed by atoms with Crippen molar-refractivity contribution in [3.63, 3.8) is 0 Å². The predicted molar refractivity (Wildman–Crippen MR) is 77.9 cm³/mol. The Balaban J connectivity index is 2.49. The highest BCUT2D eigenvalue weighted by Gasteiger charge is 2.07. The van der Waals surface area contributed by atoms with E-state index in [4.69, 9.17) is 0 Å². The van der Waals surface area contributed by atoms with Crippen LogP contribution in [0.2, 0.25) is 0 Å². The Labute approximate surface area is 114 Å². The van der Waals surface area contributed by atoms with Gasteiger partial charge in [-0.15, -0.1) is 11.8 Å². The summed E-state index contributed by atoms with van der Waals surface area (Å²) in [5.74, 6) is 0.689. The minimum Gasteiger partial charge on any atom is -0.345 e. The van der Waals surface area contributed by atoms with E-state index in [0.717, 1.165) is 24.5 Å². The lowest BCUT2D eigenvalue weighted by Gasteiger charge is -2.14. The second-order valence-electron chi connectivity index (χ2n) is 4.12. The van der Waals surface area contributed by atoms with Crippen molar-refractivity contribution in [2.24, 2.45) is 0 Å². The highest BCUT2D eigenvalue weighted by molar-refractivity contribution is 8.00. The molecular weight excluding hydrogens is 244 g/mol. The van der Waals surface area contributed by atoms with Crippen LogP contribution >= 0.6 is 11.8 Å². The molecule has 4 heteroatoms. The molecule has 18 heavy (non-hydrogen) atoms. The molecule has 100 valence electrons. The van der Waals surface area contributed by atoms with Crippen molar-refractivity contribution in [1.29, 1.82) is 0 Å². The molecule has 0 saturated heterocycles. The minimum absolute atomic E-state index is 0.180. The highest BCUT2D eigenvalue weighted by atomic mass is 32.2. The molecule has 0 aliphatic rings. The maximum absolute atomic E-state index is 11.7. The number of nitrogens with one attached hydrogen (secondary N) is 1. The second kappa shape index (κ2) is 8.16. The first kappa shape index (κ1) is 15.1. The monoisotopic (exact) mass is 266 g/mol. The number of amides is 1. The molecule has 1 N–H and O–H groups in total. The molecular formula is C14H22N2OS. The third-order valence-electron chi connectivity index (χ3n) is 2.74. The molecule has 0 bridgehead atoms. The van der Waals surface area contributed by atoms with Gasteiger partial charge in [0.2, 0.25) is 5.91 Å². The van der Waals surface area contributed by atoms with Gasteiger partial charge in [-0.05, 0) is 31.2 Å². The van der Waals surface area contributed by atoms with Gasteiger partial charge >= 0.3 is 0 Å². The van der Waals surface area contributed by atoms with Crippen LogP contribution in [0, 0.1) is 0 Å². The number of hydrogen-bond acceptors (Lipinski definition) is 3. The largest absolute Gasteiger partial charge is 0.345 e. The first-order valence-corrected chi connectivity index (χ1v) is 7.32. The third-order valence-corrected chi connectivity index (χ3v) is 3.72. The van der Waals surface area contributed by atoms with Crippen molar-refractivity contribution in [3.05, 3.63) is 29.8 Å². The summed E-state index contributed by atoms with van der Waals surface area (Å²) in [7, 11) is 1.84. The quantitative estimate of drug-likeness (QED) is 0.769. The Morgan fingerprint density at radius 2 is 2.17 bits per heavy atom. The van der Waals surface area contributed by atoms with Crippen LogP contribution in [0.3, 0.4) is 0 Å². The third kappa shape index (κ3) is 5.10. The first-order valence-electron chi connectivity index (χ1n) is 6.33. The molecule has 0 saturated carbocycles. The highest BCUT2D eigenvalue weighted by Crippen LogP contribution is 2.19. The standard InChI is InChI=1S/C14H22N2OS/c1-4-15-10-12-7-6-8-13(9-12)18-11-14(17)16(3)5-2/h6-9,15H,4-5,10-11H2,1-3H3. The van der Waals surface area contributed by atoms with E-state index < -0.39 is 0 Å². The summed E-state index contributed by atoms with van der Waals surface area (Å²) in [4.78, 5) is 14.6. The zero-order chi connectivity index (χ0) is 13.4. The molecule has 0 aromatic heterocycles. The summed E-state index contributed by atoms with van der Waals surface area (Å²) in [6.45, 7) is 6.70. The van der Waals surface area contributed by atoms with Gasteiger partial charge in [0.15, 0.2) is 0 Å². The predicted octanol–water partition coefficient (Wildman–Crippen LogP) is 2.37. The number of rotatable bonds is 7. The fourth-order valence-corrected chi connectivity index (χ4v) is 2.37. The van der Waals surface area contributed by atoms with Gasteiger partial charge in [-0.25, -0.2) is 0 Å². The summed E-state index contributed by atoms with van der Waals surface area (Å²) in [6, 6.07) is 8.35. The summed E-state index contributed by atoms with van der Waals surface area (Å²) in [5, 5.41) is 3.30. The van der Waals surface area contributed by atoms with Crippen LogP contribution in [0.5, 0.6) is 0 Å². The van der Waals surface area contributed by atoms with Crippen LogP contribution in [0.1, 0.15) is 19.4 Å². The molecule has 0 spiro atoms. The van der Waals surface area contributed by atoms with Crippen molar-refractivity contribution in [1.82, 2.24) is 10.2 Å². The van der Waals surface area contributed by atoms with Crippen LogP contribution in [-0.4, -0.2) is 36.7 Å². The number of hydrogen-bond donors (Lipinski definition) is 1. The fraction of sp³-hybridized carbons (Fsp3) is 0.500. The van der Waals surface area contributed by atoms with Crippen molar-refractivity contribution in [3.8, 4) is 0 Å². The summed E-state index contributed by atoms with van der Waals surface area (Å²) in [5.41, 5.74) is 1.26. The topological polar surface area (TPSA) is 32.3 Å². The molecule has 0 radical (unpaired) electrons. The van der Waals surface area contributed by atoms with Gasteiger partial charge in [0.25, 0.3) is 0 Å². The van der Waals surface area contributed by atoms with E-state index >= 15 is 0 Å². The van der Waals surface area contributed by atoms with Gasteiger partial charge in [0.05, 0.1) is 5.75 Å². The molecule has 0 fully saturated rings. The fourth-order valence-electron chi connectivity index (χ4n) is 1.45. The van der Waals surface area contributed by atoms with Crippen LogP contribution in [-0.2, 0) is 11.3 Å². The first-order chi connectivity index (χ1) is 8.67. The van der Waals surface area contributed by atoms with Gasteiger partial charge in [0, 0.05) is 25.0 Å². The number of carbonyl (C=O) groups is 1. The number of nitrogens with zero attached hydrogens (tertiary/aromatic N) is 1. The van der Waals surface area contributed by atoms with Gasteiger partial charge < -0.3 is 10.2 Å². The van der Waals surface area contributed by atoms with Gasteiger partial charge in [-0.2, -0.15) is 0 Å². The second-order valence-corrected chi connectivity index (χ2v) is 5.17. The molecule has 0 atom stereocenters. The average Bonchev–Trinajstić information content (AvgIpc) is 2.42. The molecule has 1 aromatic carbocycles. The van der Waals surface area contributed by atoms with E-state index in [1.54, 1.807) is 16.7 Å². The van der Waals surface area contributed by atoms with Crippen molar-refractivity contribution < 1.29 is 4.79 Å². The van der Waals surface area contributed by atoms with E-state index in [-0.39, 0.29) is 5.91 Å². The molecule has 0 aliphatic carbocycles. The van der Waals surface area contributed by atoms with E-state index in [1.165, 1.54) is 5.56 Å². The number of benzene rings is 1. The smallest absolute Gasteiger partial charge is 0.232 e. The van der Waals surface area contributed by atoms with Crippen LogP contribution in [0.4, 0.5) is 0 Å². The molecule has 1 rings (SSSR count). The molecule has 0 unspecified atom stereocenters. The Bertz CT molecular complexity index is 382. The van der Waals surface area contributed by atoms with E-state index in [0.29, 0.717) is 5.75 Å². The van der Waals surface area contributed by atoms with Gasteiger partial charge in [-0.1, -0.05) is 19.1 Å². The van der Waals surface area contributed by atoms with E-state index in [1.807, 2.05) is 20.0 Å². The minimum atomic E-state index is 0.180. The lowest BCUT2D eigenvalue weighted by molar-refractivity contribution is -0.126. The zero-order valence-electron chi connectivity index (χ0n) is 11.4. The van der Waals surface area contributed by atoms with Crippen LogP contribution in [0.15, 0.2) is 29.2 Å². The normalized spacial score (nSPS) is 10.4. The van der Waals surface area contributed by atoms with E-state index in [2.05, 4.69) is 30.4 Å². The lowest BCUT2D eigenvalue weighted by Crippen LogP contribution is -2.27. The van der Waals surface area contributed by atoms with Gasteiger partial charge in [0.1, 0.15) is 0 Å².